The van der Waals surface area contributed by atoms with Crippen molar-refractivity contribution in [2.24, 2.45) is 0 Å². The summed E-state index contributed by atoms with van der Waals surface area (Å²) in [4.78, 5) is 35.2. The molecule has 2 aromatic rings. The van der Waals surface area contributed by atoms with Gasteiger partial charge in [-0.15, -0.1) is 11.8 Å². The summed E-state index contributed by atoms with van der Waals surface area (Å²) in [6.07, 6.45) is 7.70. The van der Waals surface area contributed by atoms with Crippen molar-refractivity contribution < 1.29 is 14.1 Å². The number of piperidine rings is 1. The van der Waals surface area contributed by atoms with Crippen molar-refractivity contribution in [1.82, 2.24) is 19.9 Å². The second-order valence-corrected chi connectivity index (χ2v) is 9.87. The Kier molecular flexibility index (Phi) is 7.50. The third kappa shape index (κ3) is 5.34. The molecule has 0 spiro atoms. The molecule has 1 saturated carbocycles. The summed E-state index contributed by atoms with van der Waals surface area (Å²) in [5.74, 6) is 1.78. The normalized spacial score (nSPS) is 19.7. The van der Waals surface area contributed by atoms with Crippen molar-refractivity contribution in [3.05, 3.63) is 41.5 Å². The van der Waals surface area contributed by atoms with Crippen molar-refractivity contribution in [3.63, 3.8) is 0 Å². The summed E-state index contributed by atoms with van der Waals surface area (Å²) >= 11 is 1.46. The summed E-state index contributed by atoms with van der Waals surface area (Å²) in [7, 11) is 1.92. The van der Waals surface area contributed by atoms with Crippen LogP contribution in [0.5, 0.6) is 0 Å². The summed E-state index contributed by atoms with van der Waals surface area (Å²) in [6.45, 7) is 3.09. The number of likely N-dealkylation sites (tertiary alicyclic amines) is 1. The molecule has 1 aromatic heterocycles. The van der Waals surface area contributed by atoms with Gasteiger partial charge in [0.2, 0.25) is 11.8 Å². The maximum Gasteiger partial charge on any atom is 0.255 e. The zero-order valence-electron chi connectivity index (χ0n) is 19.0. The van der Waals surface area contributed by atoms with Gasteiger partial charge >= 0.3 is 0 Å². The maximum atomic E-state index is 13.4. The fraction of sp³-hybridized carbons (Fsp3) is 0.583. The lowest BCUT2D eigenvalue weighted by Gasteiger charge is -2.32. The van der Waals surface area contributed by atoms with Crippen LogP contribution in [0.4, 0.5) is 0 Å². The van der Waals surface area contributed by atoms with Crippen LogP contribution in [0.2, 0.25) is 0 Å². The number of aryl methyl sites for hydroxylation is 1. The first-order valence-corrected chi connectivity index (χ1v) is 12.6. The van der Waals surface area contributed by atoms with E-state index in [2.05, 4.69) is 10.1 Å². The molecule has 2 fully saturated rings. The zero-order chi connectivity index (χ0) is 22.5. The molecule has 32 heavy (non-hydrogen) atoms. The molecule has 1 saturated heterocycles. The van der Waals surface area contributed by atoms with Crippen molar-refractivity contribution in [1.29, 1.82) is 0 Å². The second-order valence-electron chi connectivity index (χ2n) is 8.85. The van der Waals surface area contributed by atoms with Gasteiger partial charge in [-0.2, -0.15) is 4.98 Å². The van der Waals surface area contributed by atoms with Gasteiger partial charge in [-0.05, 0) is 44.7 Å². The van der Waals surface area contributed by atoms with Gasteiger partial charge in [0.25, 0.3) is 5.91 Å². The summed E-state index contributed by atoms with van der Waals surface area (Å²) in [5.41, 5.74) is 0.660. The molecule has 4 rings (SSSR count). The highest BCUT2D eigenvalue weighted by Crippen LogP contribution is 2.30. The Morgan fingerprint density at radius 2 is 1.94 bits per heavy atom. The van der Waals surface area contributed by atoms with Gasteiger partial charge in [0.05, 0.1) is 17.2 Å². The second kappa shape index (κ2) is 10.5. The number of carbonyl (C=O) groups is 2. The number of rotatable bonds is 6. The van der Waals surface area contributed by atoms with E-state index in [-0.39, 0.29) is 17.7 Å². The van der Waals surface area contributed by atoms with Gasteiger partial charge in [0, 0.05) is 31.1 Å². The monoisotopic (exact) mass is 456 g/mol. The smallest absolute Gasteiger partial charge is 0.255 e. The predicted octanol–water partition coefficient (Wildman–Crippen LogP) is 4.28. The number of hydrogen-bond acceptors (Lipinski definition) is 6. The fourth-order valence-electron chi connectivity index (χ4n) is 4.69. The molecule has 2 amide bonds. The fourth-order valence-corrected chi connectivity index (χ4v) is 5.66. The number of thioether (sulfide) groups is 1. The lowest BCUT2D eigenvalue weighted by atomic mass is 9.94. The van der Waals surface area contributed by atoms with Gasteiger partial charge in [-0.25, -0.2) is 0 Å². The van der Waals surface area contributed by atoms with Gasteiger partial charge in [-0.1, -0.05) is 36.6 Å². The molecule has 2 heterocycles. The Hall–Kier alpha value is -2.35. The Morgan fingerprint density at radius 1 is 1.16 bits per heavy atom. The van der Waals surface area contributed by atoms with Crippen LogP contribution >= 0.6 is 11.8 Å². The summed E-state index contributed by atoms with van der Waals surface area (Å²) < 4.78 is 5.35. The van der Waals surface area contributed by atoms with E-state index in [1.54, 1.807) is 6.92 Å². The van der Waals surface area contributed by atoms with Crippen molar-refractivity contribution >= 4 is 23.6 Å². The summed E-state index contributed by atoms with van der Waals surface area (Å²) in [6, 6.07) is 7.96. The molecule has 0 N–H and O–H groups in total. The molecule has 1 unspecified atom stereocenters. The molecule has 1 aliphatic carbocycles. The van der Waals surface area contributed by atoms with Crippen molar-refractivity contribution in [2.45, 2.75) is 68.7 Å². The number of benzene rings is 1. The largest absolute Gasteiger partial charge is 0.342 e. The number of aromatic nitrogens is 2. The van der Waals surface area contributed by atoms with Crippen LogP contribution < -0.4 is 0 Å². The minimum absolute atomic E-state index is 0.00196. The molecule has 0 radical (unpaired) electrons. The minimum atomic E-state index is 0.00196. The van der Waals surface area contributed by atoms with Crippen LogP contribution in [0.1, 0.15) is 72.9 Å². The topological polar surface area (TPSA) is 79.5 Å². The van der Waals surface area contributed by atoms with E-state index in [9.17, 15) is 9.59 Å². The van der Waals surface area contributed by atoms with E-state index in [1.165, 1.54) is 31.0 Å². The first-order valence-electron chi connectivity index (χ1n) is 11.6. The quantitative estimate of drug-likeness (QED) is 0.604. The maximum absolute atomic E-state index is 13.4. The third-order valence-electron chi connectivity index (χ3n) is 6.59. The van der Waals surface area contributed by atoms with Crippen LogP contribution in [0, 0.1) is 6.92 Å². The van der Waals surface area contributed by atoms with Crippen LogP contribution in [0.15, 0.2) is 33.7 Å². The number of amides is 2. The van der Waals surface area contributed by atoms with Crippen LogP contribution in [-0.4, -0.2) is 63.7 Å². The van der Waals surface area contributed by atoms with Crippen LogP contribution in [0.25, 0.3) is 0 Å². The lowest BCUT2D eigenvalue weighted by Crippen LogP contribution is -2.40. The predicted molar refractivity (Wildman–Crippen MR) is 124 cm³/mol. The Balaban J connectivity index is 1.40. The van der Waals surface area contributed by atoms with Gasteiger partial charge in [0.15, 0.2) is 5.82 Å². The average Bonchev–Trinajstić information content (AvgIpc) is 3.28. The SMILES string of the molecule is Cc1noc(C2CCCN(C(=O)c3ccccc3SCC(=O)N(C)C3CCCCC3)C2)n1. The standard InChI is InChI=1S/C24H32N4O3S/c1-17-25-23(31-26-17)18-9-8-14-28(15-18)24(30)20-12-6-7-13-21(20)32-16-22(29)27(2)19-10-4-3-5-11-19/h6-7,12-13,18-19H,3-5,8-11,14-16H2,1-2H3. The highest BCUT2D eigenvalue weighted by Gasteiger charge is 2.30. The highest BCUT2D eigenvalue weighted by molar-refractivity contribution is 8.00. The highest BCUT2D eigenvalue weighted by atomic mass is 32.2. The Morgan fingerprint density at radius 3 is 2.69 bits per heavy atom. The molecule has 1 aromatic carbocycles. The molecule has 7 nitrogen and oxygen atoms in total. The van der Waals surface area contributed by atoms with Crippen molar-refractivity contribution in [3.8, 4) is 0 Å². The molecule has 1 aliphatic heterocycles. The van der Waals surface area contributed by atoms with Gasteiger partial charge in [-0.3, -0.25) is 9.59 Å². The molecule has 2 aliphatic rings. The van der Waals surface area contributed by atoms with E-state index < -0.39 is 0 Å². The van der Waals surface area contributed by atoms with Crippen molar-refractivity contribution in [2.75, 3.05) is 25.9 Å². The minimum Gasteiger partial charge on any atom is -0.342 e. The Bertz CT molecular complexity index is 941. The summed E-state index contributed by atoms with van der Waals surface area (Å²) in [5, 5.41) is 3.89. The van der Waals surface area contributed by atoms with E-state index in [0.717, 1.165) is 30.6 Å². The molecular weight excluding hydrogens is 424 g/mol. The zero-order valence-corrected chi connectivity index (χ0v) is 19.8. The van der Waals surface area contributed by atoms with Gasteiger partial charge in [0.1, 0.15) is 0 Å². The average molecular weight is 457 g/mol. The van der Waals surface area contributed by atoms with Gasteiger partial charge < -0.3 is 14.3 Å². The van der Waals surface area contributed by atoms with E-state index in [1.807, 2.05) is 41.1 Å². The third-order valence-corrected chi connectivity index (χ3v) is 7.64. The number of carbonyl (C=O) groups excluding carboxylic acids is 2. The lowest BCUT2D eigenvalue weighted by molar-refractivity contribution is -0.129. The van der Waals surface area contributed by atoms with E-state index in [4.69, 9.17) is 4.52 Å². The number of hydrogen-bond donors (Lipinski definition) is 0. The van der Waals surface area contributed by atoms with E-state index >= 15 is 0 Å². The molecule has 0 bridgehead atoms. The van der Waals surface area contributed by atoms with Crippen LogP contribution in [0.3, 0.4) is 0 Å². The first kappa shape index (κ1) is 22.8. The molecular formula is C24H32N4O3S. The number of nitrogens with zero attached hydrogens (tertiary/aromatic N) is 4. The van der Waals surface area contributed by atoms with E-state index in [0.29, 0.717) is 42.2 Å². The molecule has 8 heteroatoms. The Labute approximate surface area is 193 Å². The molecule has 172 valence electrons. The van der Waals surface area contributed by atoms with Crippen LogP contribution in [-0.2, 0) is 4.79 Å². The first-order chi connectivity index (χ1) is 15.5. The molecule has 1 atom stereocenters.